The van der Waals surface area contributed by atoms with Crippen LogP contribution in [-0.4, -0.2) is 27.7 Å². The van der Waals surface area contributed by atoms with Crippen LogP contribution in [0, 0.1) is 6.92 Å². The van der Waals surface area contributed by atoms with Gasteiger partial charge in [0.25, 0.3) is 0 Å². The fourth-order valence-corrected chi connectivity index (χ4v) is 2.88. The van der Waals surface area contributed by atoms with E-state index in [1.54, 1.807) is 18.2 Å². The summed E-state index contributed by atoms with van der Waals surface area (Å²) in [6.07, 6.45) is 4.08. The lowest BCUT2D eigenvalue weighted by atomic mass is 10.1. The number of aryl methyl sites for hydroxylation is 1. The first kappa shape index (κ1) is 19.8. The number of ether oxygens (including phenoxy) is 1. The Labute approximate surface area is 157 Å². The number of hydrogen-bond acceptors (Lipinski definition) is 4. The van der Waals surface area contributed by atoms with Crippen molar-refractivity contribution in [3.63, 3.8) is 0 Å². The fourth-order valence-electron chi connectivity index (χ4n) is 2.12. The first-order valence-corrected chi connectivity index (χ1v) is 9.86. The second-order valence-electron chi connectivity index (χ2n) is 5.62. The summed E-state index contributed by atoms with van der Waals surface area (Å²) >= 11 is 6.06. The molecule has 0 saturated carbocycles. The number of carbonyl (C=O) groups is 1. The van der Waals surface area contributed by atoms with E-state index in [2.05, 4.69) is 10.0 Å². The van der Waals surface area contributed by atoms with Gasteiger partial charge in [-0.15, -0.1) is 0 Å². The highest BCUT2D eigenvalue weighted by atomic mass is 35.5. The molecule has 0 atom stereocenters. The van der Waals surface area contributed by atoms with Gasteiger partial charge in [-0.1, -0.05) is 23.7 Å². The van der Waals surface area contributed by atoms with E-state index in [0.717, 1.165) is 17.4 Å². The molecule has 26 heavy (non-hydrogen) atoms. The number of halogens is 1. The van der Waals surface area contributed by atoms with E-state index in [1.807, 2.05) is 19.1 Å². The van der Waals surface area contributed by atoms with Gasteiger partial charge >= 0.3 is 0 Å². The Hall–Kier alpha value is -2.51. The minimum absolute atomic E-state index is 0.290. The summed E-state index contributed by atoms with van der Waals surface area (Å²) in [6.45, 7) is 1.90. The van der Waals surface area contributed by atoms with Crippen LogP contribution >= 0.6 is 11.6 Å². The molecule has 0 heterocycles. The molecular weight excluding hydrogens is 376 g/mol. The van der Waals surface area contributed by atoms with Crippen molar-refractivity contribution in [2.75, 3.05) is 23.4 Å². The Bertz CT molecular complexity index is 956. The van der Waals surface area contributed by atoms with Gasteiger partial charge in [0.05, 0.1) is 19.1 Å². The van der Waals surface area contributed by atoms with E-state index in [1.165, 1.54) is 25.3 Å². The van der Waals surface area contributed by atoms with Crippen LogP contribution in [0.25, 0.3) is 6.08 Å². The minimum atomic E-state index is -3.43. The lowest BCUT2D eigenvalue weighted by Gasteiger charge is -2.11. The molecule has 2 N–H and O–H groups in total. The van der Waals surface area contributed by atoms with Gasteiger partial charge in [-0.25, -0.2) is 8.42 Å². The van der Waals surface area contributed by atoms with Crippen molar-refractivity contribution in [2.24, 2.45) is 0 Å². The molecule has 0 aliphatic rings. The molecule has 0 aliphatic carbocycles. The standard InChI is InChI=1S/C18H19ClN2O4S/c1-12-4-5-13(10-15(12)19)6-9-18(22)20-14-7-8-16(17(11-14)25-2)21-26(3,23)24/h4-11,21H,1-3H3,(H,20,22)/b9-6+. The van der Waals surface area contributed by atoms with Crippen LogP contribution in [-0.2, 0) is 14.8 Å². The minimum Gasteiger partial charge on any atom is -0.494 e. The van der Waals surface area contributed by atoms with Gasteiger partial charge in [0.15, 0.2) is 0 Å². The monoisotopic (exact) mass is 394 g/mol. The van der Waals surface area contributed by atoms with Crippen molar-refractivity contribution in [3.05, 3.63) is 58.6 Å². The Morgan fingerprint density at radius 2 is 1.92 bits per heavy atom. The molecule has 0 unspecified atom stereocenters. The topological polar surface area (TPSA) is 84.5 Å². The molecule has 8 heteroatoms. The van der Waals surface area contributed by atoms with Crippen LogP contribution in [0.2, 0.25) is 5.02 Å². The summed E-state index contributed by atoms with van der Waals surface area (Å²) in [5, 5.41) is 3.32. The SMILES string of the molecule is COc1cc(NC(=O)/C=C/c2ccc(C)c(Cl)c2)ccc1NS(C)(=O)=O. The normalized spacial score (nSPS) is 11.4. The Kier molecular flexibility index (Phi) is 6.28. The number of benzene rings is 2. The predicted octanol–water partition coefficient (Wildman–Crippen LogP) is 3.68. The van der Waals surface area contributed by atoms with Gasteiger partial charge in [0.1, 0.15) is 5.75 Å². The van der Waals surface area contributed by atoms with E-state index in [0.29, 0.717) is 16.5 Å². The third-order valence-corrected chi connectivity index (χ3v) is 4.39. The Balaban J connectivity index is 2.10. The van der Waals surface area contributed by atoms with Gasteiger partial charge in [-0.05, 0) is 42.3 Å². The van der Waals surface area contributed by atoms with Gasteiger partial charge in [0.2, 0.25) is 15.9 Å². The summed E-state index contributed by atoms with van der Waals surface area (Å²) in [5.41, 5.74) is 2.53. The summed E-state index contributed by atoms with van der Waals surface area (Å²) in [4.78, 5) is 12.1. The summed E-state index contributed by atoms with van der Waals surface area (Å²) in [5.74, 6) is -0.0462. The maximum Gasteiger partial charge on any atom is 0.248 e. The van der Waals surface area contributed by atoms with Crippen molar-refractivity contribution >= 4 is 45.0 Å². The van der Waals surface area contributed by atoms with Gasteiger partial charge in [-0.2, -0.15) is 0 Å². The molecule has 0 saturated heterocycles. The highest BCUT2D eigenvalue weighted by Gasteiger charge is 2.10. The van der Waals surface area contributed by atoms with E-state index in [-0.39, 0.29) is 11.6 Å². The highest BCUT2D eigenvalue weighted by Crippen LogP contribution is 2.28. The Morgan fingerprint density at radius 3 is 2.54 bits per heavy atom. The van der Waals surface area contributed by atoms with E-state index >= 15 is 0 Å². The number of anilines is 2. The second-order valence-corrected chi connectivity index (χ2v) is 7.78. The zero-order valence-corrected chi connectivity index (χ0v) is 16.1. The highest BCUT2D eigenvalue weighted by molar-refractivity contribution is 7.92. The number of rotatable bonds is 6. The second kappa shape index (κ2) is 8.25. The molecule has 2 aromatic rings. The molecule has 0 spiro atoms. The van der Waals surface area contributed by atoms with E-state index in [4.69, 9.17) is 16.3 Å². The average molecular weight is 395 g/mol. The smallest absolute Gasteiger partial charge is 0.248 e. The number of hydrogen-bond donors (Lipinski definition) is 2. The van der Waals surface area contributed by atoms with Gasteiger partial charge in [-0.3, -0.25) is 9.52 Å². The van der Waals surface area contributed by atoms with Crippen LogP contribution in [0.5, 0.6) is 5.75 Å². The third kappa shape index (κ3) is 5.79. The summed E-state index contributed by atoms with van der Waals surface area (Å²) in [7, 11) is -2.02. The zero-order chi connectivity index (χ0) is 19.3. The molecule has 0 aliphatic heterocycles. The van der Waals surface area contributed by atoms with Crippen LogP contribution in [0.1, 0.15) is 11.1 Å². The first-order valence-electron chi connectivity index (χ1n) is 7.59. The molecule has 0 aromatic heterocycles. The molecule has 138 valence electrons. The lowest BCUT2D eigenvalue weighted by molar-refractivity contribution is -0.111. The predicted molar refractivity (Wildman–Crippen MR) is 105 cm³/mol. The third-order valence-electron chi connectivity index (χ3n) is 3.39. The average Bonchev–Trinajstić information content (AvgIpc) is 2.56. The largest absolute Gasteiger partial charge is 0.494 e. The van der Waals surface area contributed by atoms with E-state index < -0.39 is 10.0 Å². The number of nitrogens with one attached hydrogen (secondary N) is 2. The summed E-state index contributed by atoms with van der Waals surface area (Å²) < 4.78 is 30.2. The molecule has 0 radical (unpaired) electrons. The molecule has 1 amide bonds. The van der Waals surface area contributed by atoms with E-state index in [9.17, 15) is 13.2 Å². The number of methoxy groups -OCH3 is 1. The first-order chi connectivity index (χ1) is 12.2. The zero-order valence-electron chi connectivity index (χ0n) is 14.5. The van der Waals surface area contributed by atoms with Crippen LogP contribution in [0.3, 0.4) is 0 Å². The van der Waals surface area contributed by atoms with Crippen molar-refractivity contribution in [1.29, 1.82) is 0 Å². The molecule has 0 bridgehead atoms. The van der Waals surface area contributed by atoms with Gasteiger partial charge < -0.3 is 10.1 Å². The quantitative estimate of drug-likeness (QED) is 0.732. The van der Waals surface area contributed by atoms with Crippen LogP contribution < -0.4 is 14.8 Å². The number of sulfonamides is 1. The lowest BCUT2D eigenvalue weighted by Crippen LogP contribution is -2.11. The molecule has 2 rings (SSSR count). The molecule has 6 nitrogen and oxygen atoms in total. The summed E-state index contributed by atoms with van der Waals surface area (Å²) in [6, 6.07) is 10.1. The van der Waals surface area contributed by atoms with Crippen LogP contribution in [0.15, 0.2) is 42.5 Å². The Morgan fingerprint density at radius 1 is 1.19 bits per heavy atom. The number of carbonyl (C=O) groups excluding carboxylic acids is 1. The van der Waals surface area contributed by atoms with Crippen molar-refractivity contribution < 1.29 is 17.9 Å². The van der Waals surface area contributed by atoms with Gasteiger partial charge in [0, 0.05) is 22.9 Å². The van der Waals surface area contributed by atoms with Crippen molar-refractivity contribution in [3.8, 4) is 5.75 Å². The van der Waals surface area contributed by atoms with Crippen LogP contribution in [0.4, 0.5) is 11.4 Å². The maximum atomic E-state index is 12.1. The number of amides is 1. The fraction of sp³-hybridized carbons (Fsp3) is 0.167. The van der Waals surface area contributed by atoms with Crippen molar-refractivity contribution in [2.45, 2.75) is 6.92 Å². The maximum absolute atomic E-state index is 12.1. The molecule has 2 aromatic carbocycles. The molecule has 0 fully saturated rings. The molecular formula is C18H19ClN2O4S. The van der Waals surface area contributed by atoms with Crippen molar-refractivity contribution in [1.82, 2.24) is 0 Å².